The van der Waals surface area contributed by atoms with Crippen molar-refractivity contribution >= 4 is 0 Å². The zero-order chi connectivity index (χ0) is 12.3. The quantitative estimate of drug-likeness (QED) is 0.838. The normalized spacial score (nSPS) is 18.5. The second kappa shape index (κ2) is 5.19. The SMILES string of the molecule is Cc1ccc(C)c(CNCC2(O)CCCC2)c1. The zero-order valence-electron chi connectivity index (χ0n) is 10.9. The van der Waals surface area contributed by atoms with Crippen LogP contribution < -0.4 is 5.32 Å². The lowest BCUT2D eigenvalue weighted by molar-refractivity contribution is 0.0474. The maximum absolute atomic E-state index is 10.2. The van der Waals surface area contributed by atoms with Crippen molar-refractivity contribution < 1.29 is 5.11 Å². The number of aryl methyl sites for hydroxylation is 2. The first-order chi connectivity index (χ1) is 8.09. The van der Waals surface area contributed by atoms with Crippen molar-refractivity contribution in [1.82, 2.24) is 5.32 Å². The Morgan fingerprint density at radius 3 is 2.65 bits per heavy atom. The summed E-state index contributed by atoms with van der Waals surface area (Å²) in [5.74, 6) is 0. The van der Waals surface area contributed by atoms with Gasteiger partial charge < -0.3 is 10.4 Å². The summed E-state index contributed by atoms with van der Waals surface area (Å²) in [7, 11) is 0. The van der Waals surface area contributed by atoms with Gasteiger partial charge in [0.25, 0.3) is 0 Å². The van der Waals surface area contributed by atoms with Gasteiger partial charge >= 0.3 is 0 Å². The molecule has 0 amide bonds. The Kier molecular flexibility index (Phi) is 3.85. The van der Waals surface area contributed by atoms with E-state index in [1.54, 1.807) is 0 Å². The standard InChI is InChI=1S/C15H23NO/c1-12-5-6-13(2)14(9-12)10-16-11-15(17)7-3-4-8-15/h5-6,9,16-17H,3-4,7-8,10-11H2,1-2H3. The maximum Gasteiger partial charge on any atom is 0.0771 e. The predicted molar refractivity (Wildman–Crippen MR) is 71.0 cm³/mol. The highest BCUT2D eigenvalue weighted by Crippen LogP contribution is 2.28. The molecule has 0 saturated heterocycles. The molecule has 0 bridgehead atoms. The maximum atomic E-state index is 10.2. The number of benzene rings is 1. The summed E-state index contributed by atoms with van der Waals surface area (Å²) >= 11 is 0. The van der Waals surface area contributed by atoms with Crippen LogP contribution in [-0.2, 0) is 6.54 Å². The molecular weight excluding hydrogens is 210 g/mol. The minimum absolute atomic E-state index is 0.447. The van der Waals surface area contributed by atoms with E-state index in [0.29, 0.717) is 0 Å². The lowest BCUT2D eigenvalue weighted by Crippen LogP contribution is -2.37. The van der Waals surface area contributed by atoms with Crippen molar-refractivity contribution in [3.05, 3.63) is 34.9 Å². The molecule has 1 saturated carbocycles. The van der Waals surface area contributed by atoms with E-state index in [0.717, 1.165) is 25.9 Å². The molecule has 0 aliphatic heterocycles. The van der Waals surface area contributed by atoms with Crippen LogP contribution in [0.15, 0.2) is 18.2 Å². The second-order valence-electron chi connectivity index (χ2n) is 5.46. The molecule has 17 heavy (non-hydrogen) atoms. The minimum atomic E-state index is -0.447. The van der Waals surface area contributed by atoms with Gasteiger partial charge in [-0.15, -0.1) is 0 Å². The van der Waals surface area contributed by atoms with Crippen LogP contribution in [-0.4, -0.2) is 17.3 Å². The fraction of sp³-hybridized carbons (Fsp3) is 0.600. The Morgan fingerprint density at radius 1 is 1.24 bits per heavy atom. The summed E-state index contributed by atoms with van der Waals surface area (Å²) in [5.41, 5.74) is 3.51. The Bertz CT molecular complexity index is 381. The van der Waals surface area contributed by atoms with Gasteiger partial charge in [0.2, 0.25) is 0 Å². The van der Waals surface area contributed by atoms with Crippen molar-refractivity contribution in [2.45, 2.75) is 51.7 Å². The summed E-state index contributed by atoms with van der Waals surface area (Å²) < 4.78 is 0. The third-order valence-corrected chi connectivity index (χ3v) is 3.81. The van der Waals surface area contributed by atoms with E-state index >= 15 is 0 Å². The monoisotopic (exact) mass is 233 g/mol. The number of nitrogens with one attached hydrogen (secondary N) is 1. The molecule has 1 aromatic carbocycles. The molecule has 94 valence electrons. The van der Waals surface area contributed by atoms with Crippen molar-refractivity contribution in [3.63, 3.8) is 0 Å². The van der Waals surface area contributed by atoms with Crippen molar-refractivity contribution in [2.24, 2.45) is 0 Å². The highest BCUT2D eigenvalue weighted by molar-refractivity contribution is 5.30. The molecule has 1 aromatic rings. The first kappa shape index (κ1) is 12.6. The molecule has 0 atom stereocenters. The second-order valence-corrected chi connectivity index (χ2v) is 5.46. The van der Waals surface area contributed by atoms with E-state index in [1.807, 2.05) is 0 Å². The van der Waals surface area contributed by atoms with Gasteiger partial charge in [-0.1, -0.05) is 36.6 Å². The number of hydrogen-bond donors (Lipinski definition) is 2. The molecule has 0 spiro atoms. The Labute approximate surface area is 104 Å². The number of rotatable bonds is 4. The molecule has 2 rings (SSSR count). The van der Waals surface area contributed by atoms with Crippen LogP contribution in [0.2, 0.25) is 0 Å². The Balaban J connectivity index is 1.87. The topological polar surface area (TPSA) is 32.3 Å². The minimum Gasteiger partial charge on any atom is -0.389 e. The fourth-order valence-electron chi connectivity index (χ4n) is 2.63. The van der Waals surface area contributed by atoms with E-state index < -0.39 is 5.60 Å². The van der Waals surface area contributed by atoms with Gasteiger partial charge in [-0.3, -0.25) is 0 Å². The highest BCUT2D eigenvalue weighted by Gasteiger charge is 2.30. The first-order valence-electron chi connectivity index (χ1n) is 6.58. The van der Waals surface area contributed by atoms with Crippen LogP contribution >= 0.6 is 0 Å². The van der Waals surface area contributed by atoms with E-state index in [1.165, 1.54) is 29.5 Å². The van der Waals surface area contributed by atoms with Crippen molar-refractivity contribution in [1.29, 1.82) is 0 Å². The average molecular weight is 233 g/mol. The molecule has 0 unspecified atom stereocenters. The summed E-state index contributed by atoms with van der Waals surface area (Å²) in [6, 6.07) is 6.53. The number of aliphatic hydroxyl groups is 1. The van der Waals surface area contributed by atoms with E-state index in [4.69, 9.17) is 0 Å². The summed E-state index contributed by atoms with van der Waals surface area (Å²) in [5, 5.41) is 13.6. The van der Waals surface area contributed by atoms with Crippen LogP contribution in [0.1, 0.15) is 42.4 Å². The molecule has 0 heterocycles. The lowest BCUT2D eigenvalue weighted by Gasteiger charge is -2.22. The van der Waals surface area contributed by atoms with E-state index in [2.05, 4.69) is 37.4 Å². The molecule has 1 fully saturated rings. The molecular formula is C15H23NO. The smallest absolute Gasteiger partial charge is 0.0771 e. The first-order valence-corrected chi connectivity index (χ1v) is 6.58. The van der Waals surface area contributed by atoms with Crippen LogP contribution in [0, 0.1) is 13.8 Å². The molecule has 0 aromatic heterocycles. The third-order valence-electron chi connectivity index (χ3n) is 3.81. The van der Waals surface area contributed by atoms with Gasteiger partial charge in [-0.2, -0.15) is 0 Å². The summed E-state index contributed by atoms with van der Waals surface area (Å²) in [4.78, 5) is 0. The van der Waals surface area contributed by atoms with Gasteiger partial charge in [-0.05, 0) is 37.8 Å². The predicted octanol–water partition coefficient (Wildman–Crippen LogP) is 2.70. The summed E-state index contributed by atoms with van der Waals surface area (Å²) in [6.45, 7) is 5.84. The van der Waals surface area contributed by atoms with Gasteiger partial charge in [-0.25, -0.2) is 0 Å². The summed E-state index contributed by atoms with van der Waals surface area (Å²) in [6.07, 6.45) is 4.24. The van der Waals surface area contributed by atoms with Gasteiger partial charge in [0.15, 0.2) is 0 Å². The highest BCUT2D eigenvalue weighted by atomic mass is 16.3. The van der Waals surface area contributed by atoms with E-state index in [9.17, 15) is 5.11 Å². The van der Waals surface area contributed by atoms with Gasteiger partial charge in [0.1, 0.15) is 0 Å². The van der Waals surface area contributed by atoms with Gasteiger partial charge in [0.05, 0.1) is 5.60 Å². The molecule has 2 N–H and O–H groups in total. The molecule has 2 heteroatoms. The number of hydrogen-bond acceptors (Lipinski definition) is 2. The van der Waals surface area contributed by atoms with Crippen molar-refractivity contribution in [2.75, 3.05) is 6.54 Å². The fourth-order valence-corrected chi connectivity index (χ4v) is 2.63. The van der Waals surface area contributed by atoms with Crippen molar-refractivity contribution in [3.8, 4) is 0 Å². The van der Waals surface area contributed by atoms with Gasteiger partial charge in [0, 0.05) is 13.1 Å². The van der Waals surface area contributed by atoms with Crippen LogP contribution in [0.3, 0.4) is 0 Å². The molecule has 0 radical (unpaired) electrons. The Hall–Kier alpha value is -0.860. The lowest BCUT2D eigenvalue weighted by atomic mass is 10.0. The van der Waals surface area contributed by atoms with E-state index in [-0.39, 0.29) is 0 Å². The Morgan fingerprint density at radius 2 is 1.94 bits per heavy atom. The molecule has 1 aliphatic rings. The average Bonchev–Trinajstić information content (AvgIpc) is 2.71. The van der Waals surface area contributed by atoms with Crippen LogP contribution in [0.5, 0.6) is 0 Å². The largest absolute Gasteiger partial charge is 0.389 e. The van der Waals surface area contributed by atoms with Crippen LogP contribution in [0.25, 0.3) is 0 Å². The zero-order valence-corrected chi connectivity index (χ0v) is 10.9. The third kappa shape index (κ3) is 3.30. The molecule has 2 nitrogen and oxygen atoms in total. The van der Waals surface area contributed by atoms with Crippen LogP contribution in [0.4, 0.5) is 0 Å². The molecule has 1 aliphatic carbocycles.